The minimum atomic E-state index is -0.0637. The lowest BCUT2D eigenvalue weighted by Gasteiger charge is -2.41. The first kappa shape index (κ1) is 9.51. The van der Waals surface area contributed by atoms with E-state index in [4.69, 9.17) is 5.26 Å². The van der Waals surface area contributed by atoms with Gasteiger partial charge in [-0.15, -0.1) is 0 Å². The van der Waals surface area contributed by atoms with Gasteiger partial charge in [0.05, 0.1) is 12.0 Å². The summed E-state index contributed by atoms with van der Waals surface area (Å²) in [5, 5.41) is 8.74. The normalized spacial score (nSPS) is 29.9. The van der Waals surface area contributed by atoms with E-state index in [0.717, 1.165) is 6.54 Å². The summed E-state index contributed by atoms with van der Waals surface area (Å²) in [4.78, 5) is 13.4. The summed E-state index contributed by atoms with van der Waals surface area (Å²) in [6, 6.07) is 2.18. The van der Waals surface area contributed by atoms with E-state index in [-0.39, 0.29) is 11.8 Å². The zero-order valence-electron chi connectivity index (χ0n) is 8.62. The number of nitrogens with zero attached hydrogens (tertiary/aromatic N) is 2. The molecule has 1 heterocycles. The van der Waals surface area contributed by atoms with Crippen LogP contribution in [-0.4, -0.2) is 23.9 Å². The van der Waals surface area contributed by atoms with Crippen LogP contribution in [0.3, 0.4) is 0 Å². The first-order valence-corrected chi connectivity index (χ1v) is 5.30. The highest BCUT2D eigenvalue weighted by Crippen LogP contribution is 2.41. The van der Waals surface area contributed by atoms with Crippen LogP contribution in [0.4, 0.5) is 0 Å². The number of rotatable bonds is 2. The van der Waals surface area contributed by atoms with Gasteiger partial charge in [-0.05, 0) is 18.3 Å². The van der Waals surface area contributed by atoms with Gasteiger partial charge in [0, 0.05) is 19.5 Å². The molecule has 0 N–H and O–H groups in total. The van der Waals surface area contributed by atoms with E-state index in [0.29, 0.717) is 18.4 Å². The van der Waals surface area contributed by atoms with Crippen molar-refractivity contribution >= 4 is 5.91 Å². The first-order chi connectivity index (χ1) is 6.63. The van der Waals surface area contributed by atoms with Gasteiger partial charge in [-0.25, -0.2) is 0 Å². The maximum absolute atomic E-state index is 11.5. The summed E-state index contributed by atoms with van der Waals surface area (Å²) in [5.74, 6) is 0.107. The van der Waals surface area contributed by atoms with Crippen molar-refractivity contribution in [3.8, 4) is 6.07 Å². The fourth-order valence-electron chi connectivity index (χ4n) is 2.41. The summed E-state index contributed by atoms with van der Waals surface area (Å²) in [7, 11) is 0. The summed E-state index contributed by atoms with van der Waals surface area (Å²) >= 11 is 0. The third kappa shape index (κ3) is 1.61. The molecule has 1 unspecified atom stereocenters. The lowest BCUT2D eigenvalue weighted by atomic mass is 9.70. The number of carbonyl (C=O) groups is 1. The van der Waals surface area contributed by atoms with Gasteiger partial charge in [0.25, 0.3) is 0 Å². The van der Waals surface area contributed by atoms with Crippen molar-refractivity contribution in [1.82, 2.24) is 4.90 Å². The highest BCUT2D eigenvalue weighted by atomic mass is 16.2. The highest BCUT2D eigenvalue weighted by Gasteiger charge is 2.38. The van der Waals surface area contributed by atoms with Crippen molar-refractivity contribution in [3.63, 3.8) is 0 Å². The van der Waals surface area contributed by atoms with Crippen molar-refractivity contribution in [1.29, 1.82) is 5.26 Å². The summed E-state index contributed by atoms with van der Waals surface area (Å²) in [5.41, 5.74) is 0.347. The van der Waals surface area contributed by atoms with Crippen LogP contribution in [0.5, 0.6) is 0 Å². The zero-order chi connectivity index (χ0) is 10.2. The molecule has 0 radical (unpaired) electrons. The minimum Gasteiger partial charge on any atom is -0.341 e. The maximum atomic E-state index is 11.5. The molecular weight excluding hydrogens is 176 g/mol. The van der Waals surface area contributed by atoms with E-state index in [1.807, 2.05) is 4.90 Å². The molecular formula is C11H16N2O. The van der Waals surface area contributed by atoms with Gasteiger partial charge in [-0.2, -0.15) is 5.26 Å². The van der Waals surface area contributed by atoms with Gasteiger partial charge < -0.3 is 4.90 Å². The van der Waals surface area contributed by atoms with Gasteiger partial charge in [-0.3, -0.25) is 4.79 Å². The van der Waals surface area contributed by atoms with Crippen LogP contribution in [-0.2, 0) is 4.79 Å². The zero-order valence-corrected chi connectivity index (χ0v) is 8.62. The van der Waals surface area contributed by atoms with Crippen LogP contribution < -0.4 is 0 Å². The number of nitriles is 1. The molecule has 1 aliphatic carbocycles. The molecule has 1 amide bonds. The largest absolute Gasteiger partial charge is 0.341 e. The monoisotopic (exact) mass is 192 g/mol. The van der Waals surface area contributed by atoms with Crippen molar-refractivity contribution in [2.24, 2.45) is 11.3 Å². The van der Waals surface area contributed by atoms with Crippen LogP contribution in [0.25, 0.3) is 0 Å². The molecule has 1 saturated heterocycles. The molecule has 1 aliphatic heterocycles. The van der Waals surface area contributed by atoms with E-state index in [1.165, 1.54) is 19.3 Å². The van der Waals surface area contributed by atoms with Crippen LogP contribution in [0.15, 0.2) is 0 Å². The fourth-order valence-corrected chi connectivity index (χ4v) is 2.41. The molecule has 2 rings (SSSR count). The molecule has 2 fully saturated rings. The van der Waals surface area contributed by atoms with E-state index >= 15 is 0 Å². The summed E-state index contributed by atoms with van der Waals surface area (Å²) in [6.45, 7) is 3.76. The Morgan fingerprint density at radius 3 is 2.79 bits per heavy atom. The van der Waals surface area contributed by atoms with Gasteiger partial charge in [0.2, 0.25) is 5.91 Å². The Labute approximate surface area is 84.7 Å². The second kappa shape index (κ2) is 3.27. The Kier molecular flexibility index (Phi) is 2.22. The average molecular weight is 192 g/mol. The Bertz CT molecular complexity index is 288. The standard InChI is InChI=1S/C11H16N2O/c1-11(3-2-4-11)8-13-7-9(6-12)5-10(13)14/h9H,2-5,7-8H2,1H3. The molecule has 0 aromatic heterocycles. The Balaban J connectivity index is 1.93. The molecule has 0 bridgehead atoms. The first-order valence-electron chi connectivity index (χ1n) is 5.30. The third-order valence-corrected chi connectivity index (χ3v) is 3.53. The van der Waals surface area contributed by atoms with Crippen LogP contribution in [0.1, 0.15) is 32.6 Å². The van der Waals surface area contributed by atoms with Gasteiger partial charge in [-0.1, -0.05) is 13.3 Å². The lowest BCUT2D eigenvalue weighted by Crippen LogP contribution is -2.40. The molecule has 3 heteroatoms. The Morgan fingerprint density at radius 1 is 1.64 bits per heavy atom. The van der Waals surface area contributed by atoms with Crippen LogP contribution in [0.2, 0.25) is 0 Å². The second-order valence-corrected chi connectivity index (χ2v) is 4.97. The third-order valence-electron chi connectivity index (χ3n) is 3.53. The second-order valence-electron chi connectivity index (χ2n) is 4.97. The SMILES string of the molecule is CC1(CN2CC(C#N)CC2=O)CCC1. The molecule has 1 saturated carbocycles. The van der Waals surface area contributed by atoms with E-state index in [1.54, 1.807) is 0 Å². The van der Waals surface area contributed by atoms with E-state index < -0.39 is 0 Å². The number of likely N-dealkylation sites (tertiary alicyclic amines) is 1. The lowest BCUT2D eigenvalue weighted by molar-refractivity contribution is -0.129. The predicted molar refractivity (Wildman–Crippen MR) is 52.3 cm³/mol. The van der Waals surface area contributed by atoms with Crippen molar-refractivity contribution in [2.75, 3.05) is 13.1 Å². The molecule has 1 atom stereocenters. The molecule has 14 heavy (non-hydrogen) atoms. The van der Waals surface area contributed by atoms with Crippen LogP contribution in [0, 0.1) is 22.7 Å². The molecule has 0 aromatic carbocycles. The number of carbonyl (C=O) groups excluding carboxylic acids is 1. The Morgan fingerprint density at radius 2 is 2.36 bits per heavy atom. The Hall–Kier alpha value is -1.04. The topological polar surface area (TPSA) is 44.1 Å². The molecule has 0 spiro atoms. The number of amides is 1. The smallest absolute Gasteiger partial charge is 0.224 e. The average Bonchev–Trinajstić information content (AvgIpc) is 2.45. The highest BCUT2D eigenvalue weighted by molar-refractivity contribution is 5.79. The van der Waals surface area contributed by atoms with Crippen molar-refractivity contribution in [3.05, 3.63) is 0 Å². The predicted octanol–water partition coefficient (Wildman–Crippen LogP) is 1.55. The maximum Gasteiger partial charge on any atom is 0.224 e. The summed E-state index contributed by atoms with van der Waals surface area (Å²) in [6.07, 6.45) is 4.19. The number of hydrogen-bond acceptors (Lipinski definition) is 2. The van der Waals surface area contributed by atoms with Gasteiger partial charge in [0.15, 0.2) is 0 Å². The number of hydrogen-bond donors (Lipinski definition) is 0. The van der Waals surface area contributed by atoms with Crippen molar-refractivity contribution in [2.45, 2.75) is 32.6 Å². The fraction of sp³-hybridized carbons (Fsp3) is 0.818. The summed E-state index contributed by atoms with van der Waals surface area (Å²) < 4.78 is 0. The van der Waals surface area contributed by atoms with Crippen LogP contribution >= 0.6 is 0 Å². The quantitative estimate of drug-likeness (QED) is 0.666. The van der Waals surface area contributed by atoms with E-state index in [2.05, 4.69) is 13.0 Å². The molecule has 76 valence electrons. The van der Waals surface area contributed by atoms with Gasteiger partial charge >= 0.3 is 0 Å². The molecule has 3 nitrogen and oxygen atoms in total. The van der Waals surface area contributed by atoms with Crippen molar-refractivity contribution < 1.29 is 4.79 Å². The van der Waals surface area contributed by atoms with Gasteiger partial charge in [0.1, 0.15) is 0 Å². The molecule has 2 aliphatic rings. The van der Waals surface area contributed by atoms with E-state index in [9.17, 15) is 4.79 Å². The minimum absolute atomic E-state index is 0.0637. The molecule has 0 aromatic rings.